The van der Waals surface area contributed by atoms with E-state index in [0.29, 0.717) is 5.56 Å². The summed E-state index contributed by atoms with van der Waals surface area (Å²) in [5, 5.41) is 10.3. The predicted octanol–water partition coefficient (Wildman–Crippen LogP) is 4.61. The smallest absolute Gasteiger partial charge is 0.186 e. The molecule has 1 unspecified atom stereocenters. The van der Waals surface area contributed by atoms with Gasteiger partial charge in [0, 0.05) is 24.8 Å². The number of carbonyl (C=O) groups is 3. The van der Waals surface area contributed by atoms with E-state index in [2.05, 4.69) is 0 Å². The predicted molar refractivity (Wildman–Crippen MR) is 102 cm³/mol. The van der Waals surface area contributed by atoms with Crippen molar-refractivity contribution in [1.82, 2.24) is 0 Å². The molecule has 0 spiro atoms. The van der Waals surface area contributed by atoms with Crippen LogP contribution in [0.4, 0.5) is 0 Å². The summed E-state index contributed by atoms with van der Waals surface area (Å²) in [5.74, 6) is -1.04. The average molecular weight is 354 g/mol. The van der Waals surface area contributed by atoms with Crippen LogP contribution in [0.1, 0.15) is 71.6 Å². The van der Waals surface area contributed by atoms with E-state index in [-0.39, 0.29) is 53.9 Å². The van der Waals surface area contributed by atoms with Gasteiger partial charge in [0.1, 0.15) is 5.76 Å². The molecule has 4 heteroatoms. The summed E-state index contributed by atoms with van der Waals surface area (Å²) in [6.45, 7) is 9.23. The highest BCUT2D eigenvalue weighted by Gasteiger charge is 2.33. The van der Waals surface area contributed by atoms with Crippen molar-refractivity contribution in [2.45, 2.75) is 59.8 Å². The van der Waals surface area contributed by atoms with Gasteiger partial charge in [-0.1, -0.05) is 19.1 Å². The third-order valence-corrected chi connectivity index (χ3v) is 5.04. The molecule has 0 saturated carbocycles. The van der Waals surface area contributed by atoms with E-state index >= 15 is 0 Å². The molecule has 1 N–H and O–H groups in total. The number of allylic oxidation sites excluding steroid dienone is 4. The molecule has 0 aliphatic heterocycles. The quantitative estimate of drug-likeness (QED) is 0.476. The van der Waals surface area contributed by atoms with Crippen LogP contribution in [0, 0.1) is 20.8 Å². The number of carbonyl (C=O) groups excluding carboxylic acids is 3. The van der Waals surface area contributed by atoms with Gasteiger partial charge < -0.3 is 5.11 Å². The topological polar surface area (TPSA) is 71.4 Å². The Morgan fingerprint density at radius 3 is 2.38 bits per heavy atom. The van der Waals surface area contributed by atoms with Gasteiger partial charge in [-0.2, -0.15) is 0 Å². The van der Waals surface area contributed by atoms with Crippen molar-refractivity contribution in [2.75, 3.05) is 0 Å². The normalized spacial score (nSPS) is 17.9. The monoisotopic (exact) mass is 354 g/mol. The second-order valence-electron chi connectivity index (χ2n) is 6.92. The van der Waals surface area contributed by atoms with Crippen molar-refractivity contribution in [1.29, 1.82) is 0 Å². The fraction of sp³-hybridized carbons (Fsp3) is 0.409. The van der Waals surface area contributed by atoms with Crippen molar-refractivity contribution < 1.29 is 19.5 Å². The highest BCUT2D eigenvalue weighted by atomic mass is 16.3. The van der Waals surface area contributed by atoms with E-state index in [1.54, 1.807) is 19.9 Å². The van der Waals surface area contributed by atoms with Gasteiger partial charge >= 0.3 is 0 Å². The second kappa shape index (κ2) is 7.81. The molecule has 2 rings (SSSR count). The lowest BCUT2D eigenvalue weighted by Gasteiger charge is -2.27. The molecule has 1 atom stereocenters. The van der Waals surface area contributed by atoms with Gasteiger partial charge in [0.15, 0.2) is 17.3 Å². The summed E-state index contributed by atoms with van der Waals surface area (Å²) in [6.07, 6.45) is 3.86. The molecule has 0 amide bonds. The van der Waals surface area contributed by atoms with Gasteiger partial charge in [-0.15, -0.1) is 0 Å². The Labute approximate surface area is 154 Å². The molecule has 0 aromatic heterocycles. The molecule has 0 radical (unpaired) electrons. The molecular formula is C22H26O4. The summed E-state index contributed by atoms with van der Waals surface area (Å²) in [5.41, 5.74) is 4.27. The van der Waals surface area contributed by atoms with Crippen molar-refractivity contribution in [3.8, 4) is 0 Å². The van der Waals surface area contributed by atoms with E-state index < -0.39 is 0 Å². The zero-order chi connectivity index (χ0) is 19.6. The molecule has 0 saturated heterocycles. The van der Waals surface area contributed by atoms with Gasteiger partial charge in [-0.25, -0.2) is 0 Å². The van der Waals surface area contributed by atoms with E-state index in [4.69, 9.17) is 0 Å². The number of Topliss-reactive ketones (excluding diaryl/α,β-unsaturated/α-hetero) is 2. The number of aliphatic hydroxyl groups excluding tert-OH is 1. The van der Waals surface area contributed by atoms with Crippen LogP contribution in [-0.2, 0) is 9.59 Å². The lowest BCUT2D eigenvalue weighted by Crippen LogP contribution is -2.24. The van der Waals surface area contributed by atoms with E-state index in [0.717, 1.165) is 22.3 Å². The Morgan fingerprint density at radius 1 is 1.19 bits per heavy atom. The molecule has 26 heavy (non-hydrogen) atoms. The Hall–Kier alpha value is -2.49. The fourth-order valence-corrected chi connectivity index (χ4v) is 4.03. The first-order valence-electron chi connectivity index (χ1n) is 8.99. The van der Waals surface area contributed by atoms with E-state index in [1.165, 1.54) is 6.08 Å². The van der Waals surface area contributed by atoms with Crippen molar-refractivity contribution in [3.63, 3.8) is 0 Å². The standard InChI is InChI=1S/C22H26O4/c1-6-8-17(24)21-13(4)9-12(3)20(14(21)5)15-10-18(25)22(16(23)7-2)19(26)11-15/h6,8-9,15,25H,7,10-11H2,1-5H3. The Morgan fingerprint density at radius 2 is 1.85 bits per heavy atom. The maximum absolute atomic E-state index is 12.5. The minimum absolute atomic E-state index is 0.0450. The fourth-order valence-electron chi connectivity index (χ4n) is 4.03. The Kier molecular flexibility index (Phi) is 5.96. The number of hydrogen-bond donors (Lipinski definition) is 1. The molecule has 0 bridgehead atoms. The maximum Gasteiger partial charge on any atom is 0.186 e. The maximum atomic E-state index is 12.5. The number of rotatable bonds is 5. The number of benzene rings is 1. The summed E-state index contributed by atoms with van der Waals surface area (Å²) in [6, 6.07) is 1.96. The molecule has 4 nitrogen and oxygen atoms in total. The van der Waals surface area contributed by atoms with Crippen LogP contribution in [0.5, 0.6) is 0 Å². The van der Waals surface area contributed by atoms with Gasteiger partial charge in [-0.05, 0) is 61.9 Å². The van der Waals surface area contributed by atoms with Gasteiger partial charge in [0.2, 0.25) is 0 Å². The molecule has 0 fully saturated rings. The first kappa shape index (κ1) is 19.8. The van der Waals surface area contributed by atoms with Crippen molar-refractivity contribution in [3.05, 3.63) is 57.4 Å². The number of hydrogen-bond acceptors (Lipinski definition) is 4. The van der Waals surface area contributed by atoms with Crippen LogP contribution in [0.2, 0.25) is 0 Å². The van der Waals surface area contributed by atoms with Crippen LogP contribution in [0.25, 0.3) is 0 Å². The van der Waals surface area contributed by atoms with Crippen molar-refractivity contribution in [2.24, 2.45) is 0 Å². The van der Waals surface area contributed by atoms with Gasteiger partial charge in [0.05, 0.1) is 5.57 Å². The third-order valence-electron chi connectivity index (χ3n) is 5.04. The Bertz CT molecular complexity index is 840. The minimum atomic E-state index is -0.314. The summed E-state index contributed by atoms with van der Waals surface area (Å²) in [7, 11) is 0. The van der Waals surface area contributed by atoms with Crippen LogP contribution in [0.15, 0.2) is 29.6 Å². The zero-order valence-electron chi connectivity index (χ0n) is 16.1. The van der Waals surface area contributed by atoms with E-state index in [9.17, 15) is 19.5 Å². The molecule has 1 aromatic carbocycles. The van der Waals surface area contributed by atoms with Crippen LogP contribution in [0.3, 0.4) is 0 Å². The summed E-state index contributed by atoms with van der Waals surface area (Å²) >= 11 is 0. The first-order valence-corrected chi connectivity index (χ1v) is 8.99. The SMILES string of the molecule is CC=CC(=O)c1c(C)cc(C)c(C2CC(=O)C(C(=O)CC)=C(O)C2)c1C. The molecule has 1 aliphatic rings. The number of aliphatic hydroxyl groups is 1. The molecule has 1 aliphatic carbocycles. The zero-order valence-corrected chi connectivity index (χ0v) is 16.1. The molecule has 138 valence electrons. The summed E-state index contributed by atoms with van der Waals surface area (Å²) in [4.78, 5) is 36.9. The van der Waals surface area contributed by atoms with Crippen LogP contribution >= 0.6 is 0 Å². The highest BCUT2D eigenvalue weighted by Crippen LogP contribution is 2.39. The molecule has 1 aromatic rings. The number of aryl methyl sites for hydroxylation is 2. The average Bonchev–Trinajstić information content (AvgIpc) is 2.53. The van der Waals surface area contributed by atoms with E-state index in [1.807, 2.05) is 26.8 Å². The minimum Gasteiger partial charge on any atom is -0.511 e. The Balaban J connectivity index is 2.55. The van der Waals surface area contributed by atoms with Gasteiger partial charge in [0.25, 0.3) is 0 Å². The summed E-state index contributed by atoms with van der Waals surface area (Å²) < 4.78 is 0. The van der Waals surface area contributed by atoms with Crippen LogP contribution in [-0.4, -0.2) is 22.5 Å². The highest BCUT2D eigenvalue weighted by molar-refractivity contribution is 6.21. The largest absolute Gasteiger partial charge is 0.511 e. The second-order valence-corrected chi connectivity index (χ2v) is 6.92. The lowest BCUT2D eigenvalue weighted by molar-refractivity contribution is -0.122. The van der Waals surface area contributed by atoms with Crippen molar-refractivity contribution >= 4 is 17.3 Å². The molecular weight excluding hydrogens is 328 g/mol. The van der Waals surface area contributed by atoms with Gasteiger partial charge in [-0.3, -0.25) is 14.4 Å². The first-order chi connectivity index (χ1) is 12.2. The van der Waals surface area contributed by atoms with Crippen LogP contribution < -0.4 is 0 Å². The number of ketones is 3. The molecule has 0 heterocycles. The lowest BCUT2D eigenvalue weighted by atomic mass is 9.76. The third kappa shape index (κ3) is 3.55.